The van der Waals surface area contributed by atoms with E-state index >= 15 is 0 Å². The van der Waals surface area contributed by atoms with Crippen LogP contribution in [-0.4, -0.2) is 12.6 Å². The third-order valence-corrected chi connectivity index (χ3v) is 4.65. The van der Waals surface area contributed by atoms with Gasteiger partial charge in [-0.05, 0) is 49.8 Å². The predicted molar refractivity (Wildman–Crippen MR) is 73.4 cm³/mol. The van der Waals surface area contributed by atoms with Gasteiger partial charge in [-0.1, -0.05) is 12.8 Å². The molecule has 100 valence electrons. The summed E-state index contributed by atoms with van der Waals surface area (Å²) >= 11 is 0. The lowest BCUT2D eigenvalue weighted by molar-refractivity contribution is 0.243. The van der Waals surface area contributed by atoms with Crippen LogP contribution in [0.5, 0.6) is 0 Å². The maximum absolute atomic E-state index is 13.8. The summed E-state index contributed by atoms with van der Waals surface area (Å²) in [5.41, 5.74) is 1.09. The first kappa shape index (κ1) is 12.5. The number of nitriles is 1. The quantitative estimate of drug-likeness (QED) is 0.765. The fraction of sp³-hybridized carbons (Fsp3) is 0.562. The molecule has 2 fully saturated rings. The third-order valence-electron chi connectivity index (χ3n) is 4.65. The zero-order valence-corrected chi connectivity index (χ0v) is 11.1. The van der Waals surface area contributed by atoms with Gasteiger partial charge in [0, 0.05) is 18.3 Å². The molecule has 0 N–H and O–H groups in total. The number of anilines is 1. The van der Waals surface area contributed by atoms with Gasteiger partial charge in [-0.3, -0.25) is 0 Å². The van der Waals surface area contributed by atoms with Gasteiger partial charge in [0.25, 0.3) is 0 Å². The Balaban J connectivity index is 1.88. The number of piperidine rings is 1. The van der Waals surface area contributed by atoms with E-state index in [-0.39, 0.29) is 5.56 Å². The summed E-state index contributed by atoms with van der Waals surface area (Å²) < 4.78 is 13.8. The average molecular weight is 258 g/mol. The molecule has 0 amide bonds. The van der Waals surface area contributed by atoms with Gasteiger partial charge in [-0.25, -0.2) is 4.39 Å². The van der Waals surface area contributed by atoms with Crippen molar-refractivity contribution >= 4 is 5.69 Å². The van der Waals surface area contributed by atoms with Crippen molar-refractivity contribution in [2.75, 3.05) is 11.4 Å². The van der Waals surface area contributed by atoms with E-state index in [1.807, 2.05) is 12.1 Å². The van der Waals surface area contributed by atoms with Crippen LogP contribution < -0.4 is 4.90 Å². The number of fused-ring (bicyclic) bond motifs is 1. The molecule has 3 rings (SSSR count). The molecule has 0 radical (unpaired) electrons. The van der Waals surface area contributed by atoms with Gasteiger partial charge in [-0.2, -0.15) is 5.26 Å². The molecular formula is C16H19FN2. The second kappa shape index (κ2) is 5.21. The van der Waals surface area contributed by atoms with Crippen molar-refractivity contribution in [3.05, 3.63) is 29.6 Å². The second-order valence-corrected chi connectivity index (χ2v) is 5.72. The first-order valence-corrected chi connectivity index (χ1v) is 7.26. The topological polar surface area (TPSA) is 27.0 Å². The molecule has 0 unspecified atom stereocenters. The minimum Gasteiger partial charge on any atom is -0.368 e. The summed E-state index contributed by atoms with van der Waals surface area (Å²) in [7, 11) is 0. The molecule has 0 spiro atoms. The highest BCUT2D eigenvalue weighted by atomic mass is 19.1. The fourth-order valence-electron chi connectivity index (χ4n) is 3.72. The summed E-state index contributed by atoms with van der Waals surface area (Å²) in [6, 6.07) is 7.51. The van der Waals surface area contributed by atoms with Crippen molar-refractivity contribution < 1.29 is 4.39 Å². The van der Waals surface area contributed by atoms with E-state index in [1.165, 1.54) is 44.6 Å². The molecular weight excluding hydrogens is 239 g/mol. The number of hydrogen-bond acceptors (Lipinski definition) is 2. The van der Waals surface area contributed by atoms with Crippen molar-refractivity contribution in [3.8, 4) is 6.07 Å². The first-order valence-electron chi connectivity index (χ1n) is 7.26. The highest BCUT2D eigenvalue weighted by Gasteiger charge is 2.33. The molecule has 1 heterocycles. The second-order valence-electron chi connectivity index (χ2n) is 5.72. The summed E-state index contributed by atoms with van der Waals surface area (Å²) in [6.45, 7) is 1.02. The maximum Gasteiger partial charge on any atom is 0.143 e. The lowest BCUT2D eigenvalue weighted by atomic mass is 9.78. The molecule has 2 nitrogen and oxygen atoms in total. The van der Waals surface area contributed by atoms with E-state index in [4.69, 9.17) is 5.26 Å². The Hall–Kier alpha value is -1.56. The lowest BCUT2D eigenvalue weighted by Crippen LogP contribution is -2.46. The number of nitrogens with zero attached hydrogens (tertiary/aromatic N) is 2. The van der Waals surface area contributed by atoms with Crippen LogP contribution >= 0.6 is 0 Å². The zero-order chi connectivity index (χ0) is 13.2. The van der Waals surface area contributed by atoms with Crippen LogP contribution in [0.25, 0.3) is 0 Å². The number of hydrogen-bond donors (Lipinski definition) is 0. The normalized spacial score (nSPS) is 26.6. The molecule has 0 bridgehead atoms. The molecule has 0 aromatic heterocycles. The summed E-state index contributed by atoms with van der Waals surface area (Å²) in [4.78, 5) is 2.37. The predicted octanol–water partition coefficient (Wildman–Crippen LogP) is 3.86. The van der Waals surface area contributed by atoms with Crippen LogP contribution in [0.1, 0.15) is 44.1 Å². The molecule has 1 aromatic carbocycles. The lowest BCUT2D eigenvalue weighted by Gasteiger charge is -2.45. The average Bonchev–Trinajstić information content (AvgIpc) is 2.46. The molecule has 1 saturated heterocycles. The van der Waals surface area contributed by atoms with Gasteiger partial charge < -0.3 is 4.90 Å². The van der Waals surface area contributed by atoms with Crippen molar-refractivity contribution in [3.63, 3.8) is 0 Å². The molecule has 2 aliphatic rings. The number of rotatable bonds is 1. The first-order chi connectivity index (χ1) is 9.29. The Morgan fingerprint density at radius 3 is 2.74 bits per heavy atom. The van der Waals surface area contributed by atoms with Gasteiger partial charge in [0.15, 0.2) is 0 Å². The summed E-state index contributed by atoms with van der Waals surface area (Å²) in [5, 5.41) is 8.80. The summed E-state index contributed by atoms with van der Waals surface area (Å²) in [5.74, 6) is 0.388. The zero-order valence-electron chi connectivity index (χ0n) is 11.1. The van der Waals surface area contributed by atoms with Gasteiger partial charge in [0.1, 0.15) is 11.9 Å². The van der Waals surface area contributed by atoms with Gasteiger partial charge >= 0.3 is 0 Å². The summed E-state index contributed by atoms with van der Waals surface area (Å²) in [6.07, 6.45) is 7.70. The van der Waals surface area contributed by atoms with Crippen molar-refractivity contribution in [2.45, 2.75) is 44.6 Å². The van der Waals surface area contributed by atoms with E-state index in [0.717, 1.165) is 18.2 Å². The number of halogens is 1. The van der Waals surface area contributed by atoms with Gasteiger partial charge in [0.05, 0.1) is 5.56 Å². The molecule has 19 heavy (non-hydrogen) atoms. The Labute approximate surface area is 113 Å². The molecule has 3 heteroatoms. The van der Waals surface area contributed by atoms with Crippen LogP contribution in [0.15, 0.2) is 18.2 Å². The van der Waals surface area contributed by atoms with Crippen molar-refractivity contribution in [1.29, 1.82) is 5.26 Å². The highest BCUT2D eigenvalue weighted by molar-refractivity contribution is 5.51. The van der Waals surface area contributed by atoms with Crippen LogP contribution in [0.3, 0.4) is 0 Å². The highest BCUT2D eigenvalue weighted by Crippen LogP contribution is 2.37. The standard InChI is InChI=1S/C16H19FN2/c17-15-10-14(8-7-13(15)11-18)19-9-3-5-12-4-1-2-6-16(12)19/h7-8,10,12,16H,1-6,9H2/t12-,16-/m1/s1. The van der Waals surface area contributed by atoms with Crippen molar-refractivity contribution in [2.24, 2.45) is 5.92 Å². The van der Waals surface area contributed by atoms with E-state index < -0.39 is 5.82 Å². The Morgan fingerprint density at radius 2 is 1.95 bits per heavy atom. The monoisotopic (exact) mass is 258 g/mol. The Bertz CT molecular complexity index is 504. The van der Waals surface area contributed by atoms with Gasteiger partial charge in [0.2, 0.25) is 0 Å². The van der Waals surface area contributed by atoms with E-state index in [2.05, 4.69) is 4.90 Å². The number of benzene rings is 1. The van der Waals surface area contributed by atoms with Crippen LogP contribution in [-0.2, 0) is 0 Å². The van der Waals surface area contributed by atoms with Crippen LogP contribution in [0, 0.1) is 23.1 Å². The Morgan fingerprint density at radius 1 is 1.16 bits per heavy atom. The van der Waals surface area contributed by atoms with E-state index in [1.54, 1.807) is 6.07 Å². The largest absolute Gasteiger partial charge is 0.368 e. The molecule has 1 aliphatic heterocycles. The molecule has 1 aliphatic carbocycles. The molecule has 1 aromatic rings. The van der Waals surface area contributed by atoms with E-state index in [9.17, 15) is 4.39 Å². The third kappa shape index (κ3) is 2.32. The van der Waals surface area contributed by atoms with Crippen LogP contribution in [0.4, 0.5) is 10.1 Å². The fourth-order valence-corrected chi connectivity index (χ4v) is 3.72. The van der Waals surface area contributed by atoms with Gasteiger partial charge in [-0.15, -0.1) is 0 Å². The minimum atomic E-state index is -0.391. The van der Waals surface area contributed by atoms with E-state index in [0.29, 0.717) is 6.04 Å². The van der Waals surface area contributed by atoms with Crippen molar-refractivity contribution in [1.82, 2.24) is 0 Å². The SMILES string of the molecule is N#Cc1ccc(N2CCC[C@H]3CCCC[C@H]32)cc1F. The smallest absolute Gasteiger partial charge is 0.143 e. The molecule has 2 atom stereocenters. The Kier molecular flexibility index (Phi) is 3.42. The molecule has 1 saturated carbocycles. The van der Waals surface area contributed by atoms with Crippen LogP contribution in [0.2, 0.25) is 0 Å². The maximum atomic E-state index is 13.8. The minimum absolute atomic E-state index is 0.140.